The second kappa shape index (κ2) is 3.87. The maximum absolute atomic E-state index is 13.1. The van der Waals surface area contributed by atoms with Crippen molar-refractivity contribution >= 4 is 11.9 Å². The van der Waals surface area contributed by atoms with Crippen LogP contribution in [-0.4, -0.2) is 24.2 Å². The number of hydrogen-bond acceptors (Lipinski definition) is 3. The lowest BCUT2D eigenvalue weighted by Gasteiger charge is -2.04. The van der Waals surface area contributed by atoms with Crippen molar-refractivity contribution in [1.29, 1.82) is 0 Å². The van der Waals surface area contributed by atoms with Gasteiger partial charge in [0.15, 0.2) is 0 Å². The van der Waals surface area contributed by atoms with Crippen LogP contribution in [0.25, 0.3) is 0 Å². The highest BCUT2D eigenvalue weighted by Crippen LogP contribution is 2.14. The van der Waals surface area contributed by atoms with Crippen LogP contribution < -0.4 is 0 Å². The fourth-order valence-electron chi connectivity index (χ4n) is 1.01. The van der Waals surface area contributed by atoms with Gasteiger partial charge in [-0.25, -0.2) is 14.0 Å². The van der Waals surface area contributed by atoms with Gasteiger partial charge in [-0.3, -0.25) is 0 Å². The Balaban J connectivity index is 3.36. The van der Waals surface area contributed by atoms with E-state index >= 15 is 0 Å². The summed E-state index contributed by atoms with van der Waals surface area (Å²) in [6.45, 7) is 0. The van der Waals surface area contributed by atoms with Gasteiger partial charge in [0, 0.05) is 0 Å². The molecule has 1 aromatic carbocycles. The molecule has 4 nitrogen and oxygen atoms in total. The smallest absolute Gasteiger partial charge is 0.341 e. The van der Waals surface area contributed by atoms with Gasteiger partial charge in [-0.2, -0.15) is 0 Å². The third-order valence-corrected chi connectivity index (χ3v) is 1.63. The van der Waals surface area contributed by atoms with E-state index in [2.05, 4.69) is 4.74 Å². The predicted molar refractivity (Wildman–Crippen MR) is 44.7 cm³/mol. The van der Waals surface area contributed by atoms with Gasteiger partial charge in [0.25, 0.3) is 0 Å². The highest BCUT2D eigenvalue weighted by Gasteiger charge is 2.20. The average Bonchev–Trinajstić information content (AvgIpc) is 2.16. The van der Waals surface area contributed by atoms with Crippen molar-refractivity contribution in [3.8, 4) is 0 Å². The average molecular weight is 198 g/mol. The molecule has 5 heteroatoms. The quantitative estimate of drug-likeness (QED) is 0.727. The molecule has 74 valence electrons. The van der Waals surface area contributed by atoms with Crippen LogP contribution in [0.15, 0.2) is 18.2 Å². The standard InChI is InChI=1S/C9H7FO4/c1-14-9(13)7-5(8(11)12)3-2-4-6(7)10/h2-4H,1H3,(H,11,12). The summed E-state index contributed by atoms with van der Waals surface area (Å²) < 4.78 is 17.3. The number of aromatic carboxylic acids is 1. The van der Waals surface area contributed by atoms with Gasteiger partial charge in [0.05, 0.1) is 12.7 Å². The molecule has 1 aromatic rings. The molecular weight excluding hydrogens is 191 g/mol. The molecule has 0 bridgehead atoms. The molecular formula is C9H7FO4. The Kier molecular flexibility index (Phi) is 2.81. The Hall–Kier alpha value is -1.91. The zero-order valence-electron chi connectivity index (χ0n) is 7.28. The van der Waals surface area contributed by atoms with Crippen molar-refractivity contribution < 1.29 is 23.8 Å². The molecule has 0 radical (unpaired) electrons. The van der Waals surface area contributed by atoms with E-state index in [0.29, 0.717) is 0 Å². The van der Waals surface area contributed by atoms with E-state index in [1.54, 1.807) is 0 Å². The maximum atomic E-state index is 13.1. The molecule has 0 unspecified atom stereocenters. The number of esters is 1. The number of carboxylic acid groups (broad SMARTS) is 1. The molecule has 0 spiro atoms. The van der Waals surface area contributed by atoms with Crippen molar-refractivity contribution in [2.75, 3.05) is 7.11 Å². The Morgan fingerprint density at radius 1 is 1.43 bits per heavy atom. The van der Waals surface area contributed by atoms with Crippen LogP contribution in [0.2, 0.25) is 0 Å². The van der Waals surface area contributed by atoms with Gasteiger partial charge in [-0.15, -0.1) is 0 Å². The lowest BCUT2D eigenvalue weighted by atomic mass is 10.1. The Morgan fingerprint density at radius 2 is 2.07 bits per heavy atom. The van der Waals surface area contributed by atoms with Gasteiger partial charge in [-0.1, -0.05) is 6.07 Å². The van der Waals surface area contributed by atoms with E-state index in [1.807, 2.05) is 0 Å². The van der Waals surface area contributed by atoms with Gasteiger partial charge in [0.1, 0.15) is 11.4 Å². The number of carbonyl (C=O) groups excluding carboxylic acids is 1. The second-order valence-electron chi connectivity index (χ2n) is 2.46. The van der Waals surface area contributed by atoms with Gasteiger partial charge in [0.2, 0.25) is 0 Å². The molecule has 0 aliphatic heterocycles. The Labute approximate surface area is 78.9 Å². The predicted octanol–water partition coefficient (Wildman–Crippen LogP) is 1.31. The van der Waals surface area contributed by atoms with Crippen molar-refractivity contribution in [3.63, 3.8) is 0 Å². The van der Waals surface area contributed by atoms with E-state index in [4.69, 9.17) is 5.11 Å². The highest BCUT2D eigenvalue weighted by molar-refractivity contribution is 6.02. The first-order chi connectivity index (χ1) is 6.57. The number of methoxy groups -OCH3 is 1. The summed E-state index contributed by atoms with van der Waals surface area (Å²) in [6, 6.07) is 3.35. The van der Waals surface area contributed by atoms with Crippen molar-refractivity contribution in [2.45, 2.75) is 0 Å². The molecule has 0 aromatic heterocycles. The first-order valence-electron chi connectivity index (χ1n) is 3.68. The molecule has 1 rings (SSSR count). The molecule has 0 saturated heterocycles. The van der Waals surface area contributed by atoms with Gasteiger partial charge >= 0.3 is 11.9 Å². The minimum absolute atomic E-state index is 0.406. The van der Waals surface area contributed by atoms with Crippen molar-refractivity contribution in [1.82, 2.24) is 0 Å². The minimum Gasteiger partial charge on any atom is -0.478 e. The molecule has 0 amide bonds. The van der Waals surface area contributed by atoms with Crippen molar-refractivity contribution in [3.05, 3.63) is 35.1 Å². The summed E-state index contributed by atoms with van der Waals surface area (Å²) in [4.78, 5) is 21.7. The second-order valence-corrected chi connectivity index (χ2v) is 2.46. The summed E-state index contributed by atoms with van der Waals surface area (Å²) in [6.07, 6.45) is 0. The number of ether oxygens (including phenoxy) is 1. The SMILES string of the molecule is COC(=O)c1c(F)cccc1C(=O)O. The fourth-order valence-corrected chi connectivity index (χ4v) is 1.01. The zero-order valence-corrected chi connectivity index (χ0v) is 7.28. The van der Waals surface area contributed by atoms with E-state index in [1.165, 1.54) is 6.07 Å². The Morgan fingerprint density at radius 3 is 2.57 bits per heavy atom. The summed E-state index contributed by atoms with van der Waals surface area (Å²) >= 11 is 0. The Bertz CT molecular complexity index is 386. The molecule has 1 N–H and O–H groups in total. The van der Waals surface area contributed by atoms with E-state index in [9.17, 15) is 14.0 Å². The molecule has 0 fully saturated rings. The molecule has 0 aliphatic carbocycles. The number of carboxylic acids is 1. The van der Waals surface area contributed by atoms with Crippen LogP contribution in [0.5, 0.6) is 0 Å². The number of benzene rings is 1. The zero-order chi connectivity index (χ0) is 10.7. The van der Waals surface area contributed by atoms with Crippen LogP contribution in [0.3, 0.4) is 0 Å². The number of carbonyl (C=O) groups is 2. The minimum atomic E-state index is -1.37. The summed E-state index contributed by atoms with van der Waals surface area (Å²) in [7, 11) is 1.06. The number of hydrogen-bond donors (Lipinski definition) is 1. The van der Waals surface area contributed by atoms with Crippen LogP contribution in [0.1, 0.15) is 20.7 Å². The lowest BCUT2D eigenvalue weighted by molar-refractivity contribution is 0.0577. The molecule has 0 heterocycles. The molecule has 14 heavy (non-hydrogen) atoms. The van der Waals surface area contributed by atoms with Crippen molar-refractivity contribution in [2.24, 2.45) is 0 Å². The third kappa shape index (κ3) is 1.71. The first-order valence-corrected chi connectivity index (χ1v) is 3.68. The summed E-state index contributed by atoms with van der Waals surface area (Å²) in [5, 5.41) is 8.66. The monoisotopic (exact) mass is 198 g/mol. The summed E-state index contributed by atoms with van der Waals surface area (Å²) in [5.74, 6) is -3.28. The van der Waals surface area contributed by atoms with E-state index in [-0.39, 0.29) is 0 Å². The van der Waals surface area contributed by atoms with E-state index in [0.717, 1.165) is 19.2 Å². The maximum Gasteiger partial charge on any atom is 0.341 e. The van der Waals surface area contributed by atoms with Crippen LogP contribution >= 0.6 is 0 Å². The lowest BCUT2D eigenvalue weighted by Crippen LogP contribution is -2.12. The first kappa shape index (κ1) is 10.2. The van der Waals surface area contributed by atoms with Crippen LogP contribution in [-0.2, 0) is 4.74 Å². The van der Waals surface area contributed by atoms with Gasteiger partial charge < -0.3 is 9.84 Å². The van der Waals surface area contributed by atoms with Crippen LogP contribution in [0.4, 0.5) is 4.39 Å². The normalized spacial score (nSPS) is 9.57. The highest BCUT2D eigenvalue weighted by atomic mass is 19.1. The number of rotatable bonds is 2. The third-order valence-electron chi connectivity index (χ3n) is 1.63. The summed E-state index contributed by atoms with van der Waals surface area (Å²) in [5.41, 5.74) is -0.959. The van der Waals surface area contributed by atoms with E-state index < -0.39 is 28.9 Å². The topological polar surface area (TPSA) is 63.6 Å². The molecule has 0 aliphatic rings. The number of halogens is 1. The fraction of sp³-hybridized carbons (Fsp3) is 0.111. The van der Waals surface area contributed by atoms with Gasteiger partial charge in [-0.05, 0) is 12.1 Å². The van der Waals surface area contributed by atoms with Crippen LogP contribution in [0, 0.1) is 5.82 Å². The molecule has 0 atom stereocenters. The largest absolute Gasteiger partial charge is 0.478 e. The molecule has 0 saturated carbocycles.